The Morgan fingerprint density at radius 2 is 1.67 bits per heavy atom. The molecule has 0 aromatic heterocycles. The van der Waals surface area contributed by atoms with Crippen LogP contribution in [-0.2, 0) is 0 Å². The van der Waals surface area contributed by atoms with Crippen LogP contribution in [0.5, 0.6) is 0 Å². The van der Waals surface area contributed by atoms with E-state index in [1.165, 1.54) is 16.7 Å². The molecule has 0 unspecified atom stereocenters. The Bertz CT molecular complexity index is 307. The second kappa shape index (κ2) is 5.72. The van der Waals surface area contributed by atoms with Crippen molar-refractivity contribution in [1.29, 1.82) is 0 Å². The Labute approximate surface area is 93.4 Å². The van der Waals surface area contributed by atoms with E-state index in [0.29, 0.717) is 0 Å². The molecule has 0 bridgehead atoms. The van der Waals surface area contributed by atoms with Gasteiger partial charge in [-0.3, -0.25) is 4.90 Å². The second-order valence-corrected chi connectivity index (χ2v) is 3.93. The summed E-state index contributed by atoms with van der Waals surface area (Å²) < 4.78 is 0. The molecule has 0 amide bonds. The normalized spacial score (nSPS) is 10.7. The first kappa shape index (κ1) is 12.0. The quantitative estimate of drug-likeness (QED) is 0.709. The van der Waals surface area contributed by atoms with Crippen LogP contribution in [0, 0.1) is 6.92 Å². The molecule has 0 atom stereocenters. The zero-order valence-corrected chi connectivity index (χ0v) is 10.1. The minimum atomic E-state index is 0.968. The van der Waals surface area contributed by atoms with Crippen molar-refractivity contribution in [3.8, 4) is 0 Å². The van der Waals surface area contributed by atoms with Gasteiger partial charge in [0.1, 0.15) is 0 Å². The molecule has 1 heteroatoms. The van der Waals surface area contributed by atoms with Crippen LogP contribution in [0.2, 0.25) is 0 Å². The zero-order chi connectivity index (χ0) is 11.3. The third-order valence-electron chi connectivity index (χ3n) is 2.77. The molecule has 0 spiro atoms. The van der Waals surface area contributed by atoms with Crippen molar-refractivity contribution in [2.24, 2.45) is 0 Å². The Morgan fingerprint density at radius 3 is 2.13 bits per heavy atom. The number of nitrogens with zero attached hydrogens (tertiary/aromatic N) is 1. The summed E-state index contributed by atoms with van der Waals surface area (Å²) in [6, 6.07) is 8.59. The van der Waals surface area contributed by atoms with E-state index in [9.17, 15) is 0 Å². The van der Waals surface area contributed by atoms with Crippen molar-refractivity contribution in [3.63, 3.8) is 0 Å². The molecule has 1 aromatic rings. The lowest BCUT2D eigenvalue weighted by Crippen LogP contribution is -2.24. The standard InChI is InChI=1S/C14H21N/c1-5-15(6-2)11-13(4)14-9-7-12(3)8-10-14/h7-10H,4-6,11H2,1-3H3. The maximum Gasteiger partial charge on any atom is 0.0233 e. The van der Waals surface area contributed by atoms with Gasteiger partial charge in [0.05, 0.1) is 0 Å². The van der Waals surface area contributed by atoms with Crippen LogP contribution in [0.25, 0.3) is 5.57 Å². The Hall–Kier alpha value is -1.08. The molecule has 0 radical (unpaired) electrons. The summed E-state index contributed by atoms with van der Waals surface area (Å²) in [5.41, 5.74) is 3.76. The van der Waals surface area contributed by atoms with Gasteiger partial charge in [-0.1, -0.05) is 50.3 Å². The van der Waals surface area contributed by atoms with E-state index in [2.05, 4.69) is 56.5 Å². The van der Waals surface area contributed by atoms with Crippen LogP contribution in [0.1, 0.15) is 25.0 Å². The topological polar surface area (TPSA) is 3.24 Å². The number of hydrogen-bond donors (Lipinski definition) is 0. The van der Waals surface area contributed by atoms with Gasteiger partial charge in [0.2, 0.25) is 0 Å². The lowest BCUT2D eigenvalue weighted by molar-refractivity contribution is 0.342. The van der Waals surface area contributed by atoms with Crippen LogP contribution in [0.15, 0.2) is 30.8 Å². The average molecular weight is 203 g/mol. The molecule has 0 saturated heterocycles. The molecule has 0 fully saturated rings. The number of benzene rings is 1. The Balaban J connectivity index is 2.64. The van der Waals surface area contributed by atoms with Crippen molar-refractivity contribution in [2.75, 3.05) is 19.6 Å². The third-order valence-corrected chi connectivity index (χ3v) is 2.77. The first-order valence-electron chi connectivity index (χ1n) is 5.64. The second-order valence-electron chi connectivity index (χ2n) is 3.93. The molecule has 0 N–H and O–H groups in total. The molecule has 15 heavy (non-hydrogen) atoms. The van der Waals surface area contributed by atoms with Crippen LogP contribution < -0.4 is 0 Å². The largest absolute Gasteiger partial charge is 0.300 e. The number of likely N-dealkylation sites (N-methyl/N-ethyl adjacent to an activating group) is 1. The van der Waals surface area contributed by atoms with Crippen LogP contribution in [0.3, 0.4) is 0 Å². The van der Waals surface area contributed by atoms with Crippen molar-refractivity contribution < 1.29 is 0 Å². The van der Waals surface area contributed by atoms with Gasteiger partial charge in [-0.2, -0.15) is 0 Å². The molecule has 0 saturated carbocycles. The lowest BCUT2D eigenvalue weighted by Gasteiger charge is -2.19. The number of hydrogen-bond acceptors (Lipinski definition) is 1. The van der Waals surface area contributed by atoms with Crippen molar-refractivity contribution in [3.05, 3.63) is 42.0 Å². The third kappa shape index (κ3) is 3.52. The average Bonchev–Trinajstić information content (AvgIpc) is 2.26. The maximum atomic E-state index is 4.15. The minimum Gasteiger partial charge on any atom is -0.300 e. The van der Waals surface area contributed by atoms with Gasteiger partial charge in [-0.25, -0.2) is 0 Å². The first-order chi connectivity index (χ1) is 7.17. The highest BCUT2D eigenvalue weighted by molar-refractivity contribution is 5.64. The van der Waals surface area contributed by atoms with Gasteiger partial charge in [0, 0.05) is 6.54 Å². The van der Waals surface area contributed by atoms with Gasteiger partial charge in [0.15, 0.2) is 0 Å². The molecule has 1 nitrogen and oxygen atoms in total. The minimum absolute atomic E-state index is 0.968. The summed E-state index contributed by atoms with van der Waals surface area (Å²) in [5.74, 6) is 0. The summed E-state index contributed by atoms with van der Waals surface area (Å²) >= 11 is 0. The fourth-order valence-electron chi connectivity index (χ4n) is 1.60. The Kier molecular flexibility index (Phi) is 4.57. The fraction of sp³-hybridized carbons (Fsp3) is 0.429. The van der Waals surface area contributed by atoms with Gasteiger partial charge < -0.3 is 0 Å². The Morgan fingerprint density at radius 1 is 1.13 bits per heavy atom. The predicted octanol–water partition coefficient (Wildman–Crippen LogP) is 3.35. The molecule has 0 aliphatic carbocycles. The lowest BCUT2D eigenvalue weighted by atomic mass is 10.1. The summed E-state index contributed by atoms with van der Waals surface area (Å²) in [4.78, 5) is 2.38. The smallest absolute Gasteiger partial charge is 0.0233 e. The number of aryl methyl sites for hydroxylation is 1. The van der Waals surface area contributed by atoms with Crippen molar-refractivity contribution in [2.45, 2.75) is 20.8 Å². The highest BCUT2D eigenvalue weighted by Gasteiger charge is 2.03. The molecule has 1 aromatic carbocycles. The highest BCUT2D eigenvalue weighted by atomic mass is 15.1. The van der Waals surface area contributed by atoms with Crippen LogP contribution in [-0.4, -0.2) is 24.5 Å². The van der Waals surface area contributed by atoms with E-state index >= 15 is 0 Å². The fourth-order valence-corrected chi connectivity index (χ4v) is 1.60. The van der Waals surface area contributed by atoms with Gasteiger partial charge in [-0.05, 0) is 31.1 Å². The van der Waals surface area contributed by atoms with E-state index in [4.69, 9.17) is 0 Å². The summed E-state index contributed by atoms with van der Waals surface area (Å²) in [7, 11) is 0. The van der Waals surface area contributed by atoms with Crippen molar-refractivity contribution >= 4 is 5.57 Å². The molecule has 0 aliphatic rings. The number of rotatable bonds is 5. The van der Waals surface area contributed by atoms with Crippen molar-refractivity contribution in [1.82, 2.24) is 4.90 Å². The monoisotopic (exact) mass is 203 g/mol. The summed E-state index contributed by atoms with van der Waals surface area (Å²) in [6.07, 6.45) is 0. The van der Waals surface area contributed by atoms with Crippen LogP contribution in [0.4, 0.5) is 0 Å². The maximum absolute atomic E-state index is 4.15. The molecule has 1 rings (SSSR count). The van der Waals surface area contributed by atoms with E-state index in [1.807, 2.05) is 0 Å². The van der Waals surface area contributed by atoms with Gasteiger partial charge >= 0.3 is 0 Å². The highest BCUT2D eigenvalue weighted by Crippen LogP contribution is 2.14. The van der Waals surface area contributed by atoms with Gasteiger partial charge in [-0.15, -0.1) is 0 Å². The predicted molar refractivity (Wildman–Crippen MR) is 68.0 cm³/mol. The van der Waals surface area contributed by atoms with E-state index in [0.717, 1.165) is 19.6 Å². The van der Waals surface area contributed by atoms with Gasteiger partial charge in [0.25, 0.3) is 0 Å². The molecule has 0 heterocycles. The molecule has 0 aliphatic heterocycles. The summed E-state index contributed by atoms with van der Waals surface area (Å²) in [5, 5.41) is 0. The zero-order valence-electron chi connectivity index (χ0n) is 10.1. The summed E-state index contributed by atoms with van der Waals surface area (Å²) in [6.45, 7) is 13.8. The van der Waals surface area contributed by atoms with Crippen LogP contribution >= 0.6 is 0 Å². The SMILES string of the molecule is C=C(CN(CC)CC)c1ccc(C)cc1. The first-order valence-corrected chi connectivity index (χ1v) is 5.64. The molecular formula is C14H21N. The van der Waals surface area contributed by atoms with E-state index in [-0.39, 0.29) is 0 Å². The molecular weight excluding hydrogens is 182 g/mol. The molecule has 82 valence electrons. The van der Waals surface area contributed by atoms with E-state index < -0.39 is 0 Å². The van der Waals surface area contributed by atoms with E-state index in [1.54, 1.807) is 0 Å².